The van der Waals surface area contributed by atoms with Gasteiger partial charge in [-0.3, -0.25) is 0 Å². The Morgan fingerprint density at radius 1 is 1.25 bits per heavy atom. The maximum atomic E-state index is 11.2. The lowest BCUT2D eigenvalue weighted by Crippen LogP contribution is -2.20. The number of hydrogen-bond donors (Lipinski definition) is 0. The van der Waals surface area contributed by atoms with Gasteiger partial charge in [0.15, 0.2) is 0 Å². The van der Waals surface area contributed by atoms with E-state index in [0.29, 0.717) is 0 Å². The average Bonchev–Trinajstić information content (AvgIpc) is 2.56. The zero-order valence-corrected chi connectivity index (χ0v) is 9.51. The average molecular weight is 244 g/mol. The van der Waals surface area contributed by atoms with Crippen LogP contribution in [0, 0.1) is 0 Å². The predicted molar refractivity (Wildman–Crippen MR) is 55.9 cm³/mol. The zero-order chi connectivity index (χ0) is 11.6. The van der Waals surface area contributed by atoms with Crippen LogP contribution in [0.15, 0.2) is 30.3 Å². The Kier molecular flexibility index (Phi) is 3.25. The van der Waals surface area contributed by atoms with Crippen LogP contribution in [-0.4, -0.2) is 28.2 Å². The van der Waals surface area contributed by atoms with Crippen LogP contribution in [-0.2, 0) is 23.5 Å². The van der Waals surface area contributed by atoms with Gasteiger partial charge in [-0.15, -0.1) is 0 Å². The van der Waals surface area contributed by atoms with Gasteiger partial charge >= 0.3 is 10.4 Å². The summed E-state index contributed by atoms with van der Waals surface area (Å²) in [6, 6.07) is 9.05. The number of ether oxygens (including phenoxy) is 1. The normalized spacial score (nSPS) is 28.1. The molecule has 0 aromatic heterocycles. The molecule has 0 N–H and O–H groups in total. The summed E-state index contributed by atoms with van der Waals surface area (Å²) < 4.78 is 37.0. The van der Waals surface area contributed by atoms with E-state index < -0.39 is 22.6 Å². The summed E-state index contributed by atoms with van der Waals surface area (Å²) in [5.41, 5.74) is 0.755. The highest BCUT2D eigenvalue weighted by molar-refractivity contribution is 7.82. The first kappa shape index (κ1) is 11.5. The first-order chi connectivity index (χ1) is 7.62. The fraction of sp³-hybridized carbons (Fsp3) is 0.400. The fourth-order valence-electron chi connectivity index (χ4n) is 1.61. The molecule has 16 heavy (non-hydrogen) atoms. The van der Waals surface area contributed by atoms with Gasteiger partial charge in [0.1, 0.15) is 12.2 Å². The van der Waals surface area contributed by atoms with Crippen molar-refractivity contribution in [1.29, 1.82) is 0 Å². The molecule has 1 aromatic rings. The Labute approximate surface area is 94.3 Å². The van der Waals surface area contributed by atoms with E-state index in [1.807, 2.05) is 18.2 Å². The number of benzene rings is 1. The van der Waals surface area contributed by atoms with Crippen LogP contribution in [0.3, 0.4) is 0 Å². The van der Waals surface area contributed by atoms with Crippen molar-refractivity contribution < 1.29 is 21.5 Å². The molecule has 0 spiro atoms. The molecule has 88 valence electrons. The van der Waals surface area contributed by atoms with E-state index in [-0.39, 0.29) is 6.61 Å². The van der Waals surface area contributed by atoms with E-state index in [9.17, 15) is 8.42 Å². The van der Waals surface area contributed by atoms with Crippen molar-refractivity contribution >= 4 is 10.4 Å². The van der Waals surface area contributed by atoms with Gasteiger partial charge in [0.05, 0.1) is 6.61 Å². The minimum atomic E-state index is -3.89. The van der Waals surface area contributed by atoms with Gasteiger partial charge < -0.3 is 4.74 Å². The zero-order valence-electron chi connectivity index (χ0n) is 8.70. The predicted octanol–water partition coefficient (Wildman–Crippen LogP) is 1.03. The van der Waals surface area contributed by atoms with E-state index in [1.54, 1.807) is 12.1 Å². The maximum absolute atomic E-state index is 11.2. The Morgan fingerprint density at radius 3 is 2.56 bits per heavy atom. The van der Waals surface area contributed by atoms with E-state index in [4.69, 9.17) is 13.1 Å². The molecular formula is C10H12O5S. The summed E-state index contributed by atoms with van der Waals surface area (Å²) in [6.45, 7) is 0.165. The second-order valence-corrected chi connectivity index (χ2v) is 4.63. The molecule has 1 saturated heterocycles. The third-order valence-corrected chi connectivity index (χ3v) is 3.19. The summed E-state index contributed by atoms with van der Waals surface area (Å²) in [7, 11) is -2.41. The third-order valence-electron chi connectivity index (χ3n) is 2.26. The molecule has 2 rings (SSSR count). The third kappa shape index (κ3) is 2.41. The van der Waals surface area contributed by atoms with Crippen molar-refractivity contribution in [3.63, 3.8) is 0 Å². The topological polar surface area (TPSA) is 61.8 Å². The standard InChI is InChI=1S/C10H12O5S/c1-13-7-9-10(15-16(11,12)14-9)8-5-3-2-4-6-8/h2-6,9-10H,7H2,1H3. The fourth-order valence-corrected chi connectivity index (χ4v) is 2.60. The molecule has 0 aliphatic carbocycles. The second kappa shape index (κ2) is 4.50. The summed E-state index contributed by atoms with van der Waals surface area (Å²) in [4.78, 5) is 0. The van der Waals surface area contributed by atoms with Gasteiger partial charge in [-0.2, -0.15) is 8.42 Å². The van der Waals surface area contributed by atoms with Gasteiger partial charge in [-0.05, 0) is 5.56 Å². The van der Waals surface area contributed by atoms with Crippen LogP contribution in [0.2, 0.25) is 0 Å². The SMILES string of the molecule is COCC1OS(=O)(=O)OC1c1ccccc1. The maximum Gasteiger partial charge on any atom is 0.401 e. The summed E-state index contributed by atoms with van der Waals surface area (Å²) in [5.74, 6) is 0. The van der Waals surface area contributed by atoms with E-state index in [0.717, 1.165) is 5.56 Å². The summed E-state index contributed by atoms with van der Waals surface area (Å²) in [6.07, 6.45) is -1.26. The lowest BCUT2D eigenvalue weighted by atomic mass is 10.1. The van der Waals surface area contributed by atoms with Crippen molar-refractivity contribution in [3.05, 3.63) is 35.9 Å². The smallest absolute Gasteiger partial charge is 0.382 e. The quantitative estimate of drug-likeness (QED) is 0.794. The van der Waals surface area contributed by atoms with Crippen LogP contribution >= 0.6 is 0 Å². The molecule has 0 radical (unpaired) electrons. The molecule has 0 amide bonds. The molecule has 1 aliphatic heterocycles. The van der Waals surface area contributed by atoms with Crippen molar-refractivity contribution in [2.45, 2.75) is 12.2 Å². The van der Waals surface area contributed by atoms with E-state index >= 15 is 0 Å². The highest BCUT2D eigenvalue weighted by atomic mass is 32.3. The molecular weight excluding hydrogens is 232 g/mol. The lowest BCUT2D eigenvalue weighted by Gasteiger charge is -2.13. The van der Waals surface area contributed by atoms with Crippen LogP contribution in [0.25, 0.3) is 0 Å². The highest BCUT2D eigenvalue weighted by Crippen LogP contribution is 2.33. The van der Waals surface area contributed by atoms with Gasteiger partial charge in [0.25, 0.3) is 0 Å². The Hall–Kier alpha value is -0.950. The minimum absolute atomic E-state index is 0.165. The molecule has 2 atom stereocenters. The summed E-state index contributed by atoms with van der Waals surface area (Å²) in [5, 5.41) is 0. The first-order valence-electron chi connectivity index (χ1n) is 4.78. The summed E-state index contributed by atoms with van der Waals surface area (Å²) >= 11 is 0. The molecule has 1 aromatic carbocycles. The Balaban J connectivity index is 2.26. The number of hydrogen-bond acceptors (Lipinski definition) is 5. The second-order valence-electron chi connectivity index (χ2n) is 3.43. The van der Waals surface area contributed by atoms with Gasteiger partial charge in [-0.25, -0.2) is 8.37 Å². The minimum Gasteiger partial charge on any atom is -0.382 e. The van der Waals surface area contributed by atoms with Crippen LogP contribution in [0.5, 0.6) is 0 Å². The molecule has 2 unspecified atom stereocenters. The monoisotopic (exact) mass is 244 g/mol. The molecule has 1 fully saturated rings. The molecule has 0 bridgehead atoms. The van der Waals surface area contributed by atoms with E-state index in [2.05, 4.69) is 0 Å². The van der Waals surface area contributed by atoms with Crippen LogP contribution < -0.4 is 0 Å². The lowest BCUT2D eigenvalue weighted by molar-refractivity contribution is 0.0613. The molecule has 5 nitrogen and oxygen atoms in total. The van der Waals surface area contributed by atoms with Crippen LogP contribution in [0.4, 0.5) is 0 Å². The van der Waals surface area contributed by atoms with Gasteiger partial charge in [0.2, 0.25) is 0 Å². The highest BCUT2D eigenvalue weighted by Gasteiger charge is 2.40. The molecule has 1 aliphatic rings. The molecule has 0 saturated carbocycles. The van der Waals surface area contributed by atoms with Crippen molar-refractivity contribution in [3.8, 4) is 0 Å². The number of rotatable bonds is 3. The van der Waals surface area contributed by atoms with E-state index in [1.165, 1.54) is 7.11 Å². The first-order valence-corrected chi connectivity index (χ1v) is 6.11. The Bertz CT molecular complexity index is 442. The van der Waals surface area contributed by atoms with Crippen molar-refractivity contribution in [2.24, 2.45) is 0 Å². The van der Waals surface area contributed by atoms with Gasteiger partial charge in [0, 0.05) is 7.11 Å². The molecule has 6 heteroatoms. The van der Waals surface area contributed by atoms with Gasteiger partial charge in [-0.1, -0.05) is 30.3 Å². The number of methoxy groups -OCH3 is 1. The Morgan fingerprint density at radius 2 is 1.94 bits per heavy atom. The largest absolute Gasteiger partial charge is 0.401 e. The van der Waals surface area contributed by atoms with Crippen LogP contribution in [0.1, 0.15) is 11.7 Å². The molecule has 1 heterocycles. The van der Waals surface area contributed by atoms with Crippen molar-refractivity contribution in [2.75, 3.05) is 13.7 Å². The van der Waals surface area contributed by atoms with Crippen molar-refractivity contribution in [1.82, 2.24) is 0 Å².